The van der Waals surface area contributed by atoms with Gasteiger partial charge in [0, 0.05) is 0 Å². The van der Waals surface area contributed by atoms with E-state index in [0.717, 1.165) is 0 Å². The molecular weight excluding hydrogens is 1010 g/mol. The van der Waals surface area contributed by atoms with E-state index >= 15 is 0 Å². The first-order valence-electron chi connectivity index (χ1n) is 30.6. The first kappa shape index (κ1) is 49.7. The lowest BCUT2D eigenvalue weighted by molar-refractivity contribution is 0.590. The van der Waals surface area contributed by atoms with Gasteiger partial charge in [-0.1, -0.05) is 259 Å². The van der Waals surface area contributed by atoms with E-state index in [4.69, 9.17) is 0 Å². The maximum absolute atomic E-state index is 2.51. The van der Waals surface area contributed by atoms with E-state index in [2.05, 4.69) is 277 Å². The monoisotopic (exact) mass is 1080 g/mol. The first-order chi connectivity index (χ1) is 40.2. The standard InChI is InChI=1S/C84H68/c1-81(2,3)50-26-20-45(21-27-50)68-60-19-15-18-54-65-44-53(84(10,11)12)32-33-59(65)76(73(54)60)80-64-41-37-58-56-36-40-63-74-62(39-35-55(71(56)74)57-34-38-61(77(68)80)75(64)72(57)58)78-69(46-22-28-51(29-23-46)82(4,5)6)66-42-48-16-13-14-17-49(48)43-67(66)70(79(63)78)47-24-30-52(31-25-47)83(7,8)9/h13-44H,1-12H3. The third kappa shape index (κ3) is 6.66. The fraction of sp³-hybridized carbons (Fsp3) is 0.190. The van der Waals surface area contributed by atoms with Crippen LogP contribution in [-0.4, -0.2) is 0 Å². The van der Waals surface area contributed by atoms with Gasteiger partial charge < -0.3 is 0 Å². The quantitative estimate of drug-likeness (QED) is 0.122. The van der Waals surface area contributed by atoms with Gasteiger partial charge in [-0.15, -0.1) is 0 Å². The molecule has 0 amide bonds. The van der Waals surface area contributed by atoms with E-state index in [1.165, 1.54) is 196 Å². The predicted octanol–water partition coefficient (Wildman–Crippen LogP) is 24.5. The number of hydrogen-bond acceptors (Lipinski definition) is 0. The maximum atomic E-state index is 2.51. The van der Waals surface area contributed by atoms with Crippen molar-refractivity contribution in [2.24, 2.45) is 0 Å². The minimum Gasteiger partial charge on any atom is -0.0616 e. The highest BCUT2D eigenvalue weighted by molar-refractivity contribution is 6.51. The Morgan fingerprint density at radius 2 is 0.524 bits per heavy atom. The van der Waals surface area contributed by atoms with Gasteiger partial charge in [0.1, 0.15) is 0 Å². The van der Waals surface area contributed by atoms with Crippen molar-refractivity contribution >= 4 is 118 Å². The van der Waals surface area contributed by atoms with Crippen molar-refractivity contribution in [3.05, 3.63) is 216 Å². The number of benzene rings is 14. The number of fused-ring (bicyclic) bond motifs is 14. The Labute approximate surface area is 492 Å². The highest BCUT2D eigenvalue weighted by atomic mass is 14.4. The Morgan fingerprint density at radius 3 is 1.00 bits per heavy atom. The molecule has 0 aliphatic heterocycles. The van der Waals surface area contributed by atoms with Crippen molar-refractivity contribution in [1.82, 2.24) is 0 Å². The summed E-state index contributed by atoms with van der Waals surface area (Å²) < 4.78 is 0. The lowest BCUT2D eigenvalue weighted by atomic mass is 9.80. The lowest BCUT2D eigenvalue weighted by Gasteiger charge is -2.23. The molecule has 0 aromatic heterocycles. The summed E-state index contributed by atoms with van der Waals surface area (Å²) >= 11 is 0. The highest BCUT2D eigenvalue weighted by Gasteiger charge is 2.34. The molecule has 0 N–H and O–H groups in total. The lowest BCUT2D eigenvalue weighted by Crippen LogP contribution is -2.10. The molecule has 17 rings (SSSR count). The third-order valence-corrected chi connectivity index (χ3v) is 20.1. The molecule has 16 aromatic rings. The molecule has 0 fully saturated rings. The molecule has 84 heavy (non-hydrogen) atoms. The first-order valence-corrected chi connectivity index (χ1v) is 30.6. The molecule has 16 aromatic carbocycles. The van der Waals surface area contributed by atoms with Crippen molar-refractivity contribution in [2.75, 3.05) is 0 Å². The van der Waals surface area contributed by atoms with Gasteiger partial charge >= 0.3 is 0 Å². The van der Waals surface area contributed by atoms with E-state index in [1.54, 1.807) is 0 Å². The average molecular weight is 1080 g/mol. The molecule has 0 saturated heterocycles. The summed E-state index contributed by atoms with van der Waals surface area (Å²) in [5.74, 6) is 0. The largest absolute Gasteiger partial charge is 0.0616 e. The van der Waals surface area contributed by atoms with Crippen LogP contribution in [0.1, 0.15) is 105 Å². The number of rotatable bonds is 3. The van der Waals surface area contributed by atoms with Crippen molar-refractivity contribution < 1.29 is 0 Å². The second-order valence-electron chi connectivity index (χ2n) is 29.1. The van der Waals surface area contributed by atoms with E-state index in [1.807, 2.05) is 0 Å². The smallest absolute Gasteiger partial charge is 0.000696 e. The Kier molecular flexibility index (Phi) is 9.76. The van der Waals surface area contributed by atoms with Crippen molar-refractivity contribution in [3.63, 3.8) is 0 Å². The summed E-state index contributed by atoms with van der Waals surface area (Å²) in [7, 11) is 0. The van der Waals surface area contributed by atoms with E-state index in [-0.39, 0.29) is 21.7 Å². The van der Waals surface area contributed by atoms with Gasteiger partial charge in [-0.2, -0.15) is 0 Å². The normalized spacial score (nSPS) is 13.5. The van der Waals surface area contributed by atoms with E-state index in [0.29, 0.717) is 0 Å². The van der Waals surface area contributed by atoms with Gasteiger partial charge in [0.15, 0.2) is 0 Å². The minimum absolute atomic E-state index is 0.0233. The molecule has 404 valence electrons. The zero-order valence-electron chi connectivity index (χ0n) is 50.5. The molecular formula is C84H68. The SMILES string of the molecule is CC(C)(C)c1ccc(-c2c3c(c(-c4ccc(C(C)(C)C)cc4)c4cc5ccccc5cc24)-c2ccc4c5ccc6c7c(ccc(c8ccc-3c2c84)c57)c2c(-c3ccc(C(C)(C)C)cc3)c3cccc4c5cc(C(C)(C)C)ccc5c(c34)c62)cc1. The van der Waals surface area contributed by atoms with Crippen molar-refractivity contribution in [2.45, 2.75) is 105 Å². The zero-order valence-corrected chi connectivity index (χ0v) is 50.5. The molecule has 0 nitrogen and oxygen atoms in total. The van der Waals surface area contributed by atoms with Crippen molar-refractivity contribution in [3.8, 4) is 55.6 Å². The summed E-state index contributed by atoms with van der Waals surface area (Å²) in [4.78, 5) is 0. The van der Waals surface area contributed by atoms with Gasteiger partial charge in [-0.25, -0.2) is 0 Å². The van der Waals surface area contributed by atoms with Crippen molar-refractivity contribution in [1.29, 1.82) is 0 Å². The van der Waals surface area contributed by atoms with E-state index in [9.17, 15) is 0 Å². The predicted molar refractivity (Wildman–Crippen MR) is 368 cm³/mol. The molecule has 0 atom stereocenters. The molecule has 0 spiro atoms. The summed E-state index contributed by atoms with van der Waals surface area (Å²) in [6.45, 7) is 27.9. The van der Waals surface area contributed by atoms with Crippen LogP contribution in [0, 0.1) is 0 Å². The fourth-order valence-corrected chi connectivity index (χ4v) is 15.8. The Bertz CT molecular complexity index is 5320. The summed E-state index contributed by atoms with van der Waals surface area (Å²) in [5.41, 5.74) is 18.6. The molecule has 0 saturated carbocycles. The molecule has 0 radical (unpaired) electrons. The third-order valence-electron chi connectivity index (χ3n) is 20.1. The summed E-state index contributed by atoms with van der Waals surface area (Å²) in [6, 6.07) is 77.0. The van der Waals surface area contributed by atoms with Gasteiger partial charge in [-0.05, 0) is 236 Å². The zero-order chi connectivity index (χ0) is 57.4. The van der Waals surface area contributed by atoms with Crippen LogP contribution in [0.25, 0.3) is 174 Å². The average Bonchev–Trinajstić information content (AvgIpc) is 1.99. The minimum atomic E-state index is 0.0233. The van der Waals surface area contributed by atoms with Crippen LogP contribution in [-0.2, 0) is 21.7 Å². The van der Waals surface area contributed by atoms with Crippen LogP contribution in [0.4, 0.5) is 0 Å². The van der Waals surface area contributed by atoms with Gasteiger partial charge in [0.05, 0.1) is 0 Å². The van der Waals surface area contributed by atoms with Crippen LogP contribution >= 0.6 is 0 Å². The molecule has 0 heteroatoms. The second kappa shape index (κ2) is 16.5. The molecule has 0 unspecified atom stereocenters. The van der Waals surface area contributed by atoms with Crippen LogP contribution in [0.15, 0.2) is 194 Å². The molecule has 0 bridgehead atoms. The van der Waals surface area contributed by atoms with Crippen LogP contribution in [0.5, 0.6) is 0 Å². The van der Waals surface area contributed by atoms with Gasteiger partial charge in [0.2, 0.25) is 0 Å². The van der Waals surface area contributed by atoms with E-state index < -0.39 is 0 Å². The number of hydrogen-bond donors (Lipinski definition) is 0. The summed E-state index contributed by atoms with van der Waals surface area (Å²) in [5, 5.41) is 29.5. The van der Waals surface area contributed by atoms with Crippen LogP contribution in [0.2, 0.25) is 0 Å². The van der Waals surface area contributed by atoms with Crippen LogP contribution in [0.3, 0.4) is 0 Å². The van der Waals surface area contributed by atoms with Gasteiger partial charge in [0.25, 0.3) is 0 Å². The molecule has 1 aliphatic rings. The topological polar surface area (TPSA) is 0 Å². The Hall–Kier alpha value is -8.84. The Balaban J connectivity index is 1.00. The molecule has 0 heterocycles. The highest BCUT2D eigenvalue weighted by Crippen LogP contribution is 2.62. The fourth-order valence-electron chi connectivity index (χ4n) is 15.8. The molecule has 1 aliphatic carbocycles. The summed E-state index contributed by atoms with van der Waals surface area (Å²) in [6.07, 6.45) is 0. The van der Waals surface area contributed by atoms with Gasteiger partial charge in [-0.3, -0.25) is 0 Å². The second-order valence-corrected chi connectivity index (χ2v) is 29.1. The Morgan fingerprint density at radius 1 is 0.190 bits per heavy atom. The van der Waals surface area contributed by atoms with Crippen LogP contribution < -0.4 is 0 Å². The maximum Gasteiger partial charge on any atom is -0.000696 e.